The van der Waals surface area contributed by atoms with Crippen LogP contribution in [0.2, 0.25) is 0 Å². The number of aliphatic hydroxyl groups is 1. The summed E-state index contributed by atoms with van der Waals surface area (Å²) in [5.41, 5.74) is 6.16. The fourth-order valence-electron chi connectivity index (χ4n) is 2.84. The third-order valence-corrected chi connectivity index (χ3v) is 4.22. The summed E-state index contributed by atoms with van der Waals surface area (Å²) in [5, 5.41) is 10.5. The minimum absolute atomic E-state index is 0.516. The van der Waals surface area contributed by atoms with Gasteiger partial charge in [0.1, 0.15) is 5.65 Å². The second-order valence-corrected chi connectivity index (χ2v) is 5.70. The normalized spacial score (nSPS) is 12.7. The van der Waals surface area contributed by atoms with Crippen LogP contribution in [0.3, 0.4) is 0 Å². The molecule has 3 heteroatoms. The van der Waals surface area contributed by atoms with E-state index in [1.165, 1.54) is 5.56 Å². The maximum Gasteiger partial charge on any atom is 0.140 e. The van der Waals surface area contributed by atoms with Crippen molar-refractivity contribution in [2.45, 2.75) is 39.7 Å². The molecule has 1 unspecified atom stereocenters. The van der Waals surface area contributed by atoms with Gasteiger partial charge < -0.3 is 9.51 Å². The number of nitrogens with zero attached hydrogens (tertiary/aromatic N) is 2. The molecule has 1 N–H and O–H groups in total. The van der Waals surface area contributed by atoms with Gasteiger partial charge in [0.25, 0.3) is 0 Å². The van der Waals surface area contributed by atoms with Crippen molar-refractivity contribution in [3.8, 4) is 11.3 Å². The number of imidazole rings is 1. The quantitative estimate of drug-likeness (QED) is 0.778. The number of hydrogen-bond donors (Lipinski definition) is 1. The molecule has 22 heavy (non-hydrogen) atoms. The number of rotatable bonds is 4. The van der Waals surface area contributed by atoms with Crippen molar-refractivity contribution in [3.05, 3.63) is 59.4 Å². The Kier molecular flexibility index (Phi) is 3.99. The fourth-order valence-corrected chi connectivity index (χ4v) is 2.84. The molecule has 3 nitrogen and oxygen atoms in total. The van der Waals surface area contributed by atoms with Gasteiger partial charge in [-0.25, -0.2) is 4.98 Å². The number of benzene rings is 1. The van der Waals surface area contributed by atoms with Gasteiger partial charge in [-0.15, -0.1) is 0 Å². The molecule has 0 amide bonds. The zero-order valence-corrected chi connectivity index (χ0v) is 13.4. The van der Waals surface area contributed by atoms with Gasteiger partial charge in [-0.2, -0.15) is 0 Å². The standard InChI is InChI=1S/C19H22N2O/c1-4-14-8-10-15(11-9-14)17-18(16(22)5-2)21-12-6-7-13(3)19(21)20-17/h6-12,16,22H,4-5H2,1-3H3. The van der Waals surface area contributed by atoms with E-state index in [9.17, 15) is 5.11 Å². The average Bonchev–Trinajstić information content (AvgIpc) is 2.95. The molecular weight excluding hydrogens is 272 g/mol. The van der Waals surface area contributed by atoms with Crippen molar-refractivity contribution in [3.63, 3.8) is 0 Å². The third kappa shape index (κ3) is 2.42. The lowest BCUT2D eigenvalue weighted by molar-refractivity contribution is 0.168. The summed E-state index contributed by atoms with van der Waals surface area (Å²) < 4.78 is 2.02. The van der Waals surface area contributed by atoms with E-state index in [2.05, 4.69) is 44.2 Å². The summed E-state index contributed by atoms with van der Waals surface area (Å²) in [5.74, 6) is 0. The Morgan fingerprint density at radius 2 is 1.86 bits per heavy atom. The van der Waals surface area contributed by atoms with Crippen LogP contribution in [0.1, 0.15) is 43.2 Å². The Labute approximate surface area is 131 Å². The van der Waals surface area contributed by atoms with Gasteiger partial charge in [0.15, 0.2) is 0 Å². The average molecular weight is 294 g/mol. The number of fused-ring (bicyclic) bond motifs is 1. The highest BCUT2D eigenvalue weighted by Crippen LogP contribution is 2.31. The Balaban J connectivity index is 2.24. The van der Waals surface area contributed by atoms with Gasteiger partial charge in [-0.05, 0) is 37.0 Å². The van der Waals surface area contributed by atoms with Crippen molar-refractivity contribution >= 4 is 5.65 Å². The lowest BCUT2D eigenvalue weighted by Gasteiger charge is -2.11. The van der Waals surface area contributed by atoms with Crippen LogP contribution in [0, 0.1) is 6.92 Å². The first-order chi connectivity index (χ1) is 10.7. The third-order valence-electron chi connectivity index (χ3n) is 4.22. The number of aryl methyl sites for hydroxylation is 2. The summed E-state index contributed by atoms with van der Waals surface area (Å²) >= 11 is 0. The number of aliphatic hydroxyl groups excluding tert-OH is 1. The Morgan fingerprint density at radius 3 is 2.50 bits per heavy atom. The molecule has 0 bridgehead atoms. The molecule has 0 saturated heterocycles. The summed E-state index contributed by atoms with van der Waals surface area (Å²) in [7, 11) is 0. The molecule has 0 saturated carbocycles. The highest BCUT2D eigenvalue weighted by atomic mass is 16.3. The predicted octanol–water partition coefficient (Wildman–Crippen LogP) is 4.32. The van der Waals surface area contributed by atoms with Crippen molar-refractivity contribution in [1.82, 2.24) is 9.38 Å². The Bertz CT molecular complexity index is 787. The molecule has 0 spiro atoms. The van der Waals surface area contributed by atoms with E-state index in [1.54, 1.807) is 0 Å². The van der Waals surface area contributed by atoms with E-state index >= 15 is 0 Å². The van der Waals surface area contributed by atoms with Gasteiger partial charge in [0, 0.05) is 11.8 Å². The largest absolute Gasteiger partial charge is 0.387 e. The minimum Gasteiger partial charge on any atom is -0.387 e. The lowest BCUT2D eigenvalue weighted by atomic mass is 10.0. The van der Waals surface area contributed by atoms with Crippen LogP contribution in [0.4, 0.5) is 0 Å². The molecule has 0 radical (unpaired) electrons. The van der Waals surface area contributed by atoms with E-state index < -0.39 is 6.10 Å². The second kappa shape index (κ2) is 5.93. The van der Waals surface area contributed by atoms with E-state index in [0.29, 0.717) is 6.42 Å². The first-order valence-corrected chi connectivity index (χ1v) is 7.90. The summed E-state index contributed by atoms with van der Waals surface area (Å²) in [4.78, 5) is 4.81. The molecule has 0 fully saturated rings. The van der Waals surface area contributed by atoms with Crippen LogP contribution < -0.4 is 0 Å². The highest BCUT2D eigenvalue weighted by Gasteiger charge is 2.20. The molecule has 2 aromatic heterocycles. The molecular formula is C19H22N2O. The molecule has 2 heterocycles. The Morgan fingerprint density at radius 1 is 1.14 bits per heavy atom. The molecule has 114 valence electrons. The second-order valence-electron chi connectivity index (χ2n) is 5.70. The zero-order chi connectivity index (χ0) is 15.7. The SMILES string of the molecule is CCc1ccc(-c2nc3c(C)cccn3c2C(O)CC)cc1. The highest BCUT2D eigenvalue weighted by molar-refractivity contribution is 5.68. The minimum atomic E-state index is -0.516. The van der Waals surface area contributed by atoms with Crippen molar-refractivity contribution in [1.29, 1.82) is 0 Å². The van der Waals surface area contributed by atoms with Crippen LogP contribution in [-0.4, -0.2) is 14.5 Å². The van der Waals surface area contributed by atoms with Crippen molar-refractivity contribution in [2.75, 3.05) is 0 Å². The summed E-state index contributed by atoms with van der Waals surface area (Å²) in [6.07, 6.45) is 3.15. The van der Waals surface area contributed by atoms with Crippen LogP contribution >= 0.6 is 0 Å². The maximum absolute atomic E-state index is 10.5. The molecule has 0 aliphatic carbocycles. The molecule has 3 aromatic rings. The monoisotopic (exact) mass is 294 g/mol. The van der Waals surface area contributed by atoms with E-state index in [0.717, 1.165) is 34.6 Å². The predicted molar refractivity (Wildman–Crippen MR) is 90.0 cm³/mol. The molecule has 3 rings (SSSR count). The van der Waals surface area contributed by atoms with Gasteiger partial charge in [-0.1, -0.05) is 44.2 Å². The summed E-state index contributed by atoms with van der Waals surface area (Å²) in [6, 6.07) is 12.5. The van der Waals surface area contributed by atoms with E-state index in [-0.39, 0.29) is 0 Å². The van der Waals surface area contributed by atoms with Crippen LogP contribution in [-0.2, 0) is 6.42 Å². The Hall–Kier alpha value is -2.13. The van der Waals surface area contributed by atoms with E-state index in [4.69, 9.17) is 4.98 Å². The first kappa shape index (κ1) is 14.8. The zero-order valence-electron chi connectivity index (χ0n) is 13.4. The maximum atomic E-state index is 10.5. The smallest absolute Gasteiger partial charge is 0.140 e. The van der Waals surface area contributed by atoms with Gasteiger partial charge in [0.2, 0.25) is 0 Å². The molecule has 0 aliphatic rings. The van der Waals surface area contributed by atoms with Crippen molar-refractivity contribution in [2.24, 2.45) is 0 Å². The van der Waals surface area contributed by atoms with Crippen LogP contribution in [0.5, 0.6) is 0 Å². The number of hydrogen-bond acceptors (Lipinski definition) is 2. The molecule has 0 aliphatic heterocycles. The molecule has 1 atom stereocenters. The summed E-state index contributed by atoms with van der Waals surface area (Å²) in [6.45, 7) is 6.19. The van der Waals surface area contributed by atoms with Gasteiger partial charge in [-0.3, -0.25) is 0 Å². The fraction of sp³-hybridized carbons (Fsp3) is 0.316. The number of pyridine rings is 1. The topological polar surface area (TPSA) is 37.5 Å². The number of aromatic nitrogens is 2. The van der Waals surface area contributed by atoms with Gasteiger partial charge >= 0.3 is 0 Å². The van der Waals surface area contributed by atoms with Crippen LogP contribution in [0.15, 0.2) is 42.6 Å². The van der Waals surface area contributed by atoms with Gasteiger partial charge in [0.05, 0.1) is 17.5 Å². The first-order valence-electron chi connectivity index (χ1n) is 7.90. The van der Waals surface area contributed by atoms with Crippen LogP contribution in [0.25, 0.3) is 16.9 Å². The van der Waals surface area contributed by atoms with E-state index in [1.807, 2.05) is 23.6 Å². The molecule has 1 aromatic carbocycles. The lowest BCUT2D eigenvalue weighted by Crippen LogP contribution is -2.02. The van der Waals surface area contributed by atoms with Crippen molar-refractivity contribution < 1.29 is 5.11 Å².